The second-order valence-electron chi connectivity index (χ2n) is 26.3. The normalized spacial score (nSPS) is 15.4. The first-order chi connectivity index (χ1) is 47.9. The number of aromatic amines is 2. The number of nitrogens with zero attached hydrogens (tertiary/aromatic N) is 4. The number of aliphatic carboxylic acids is 1. The summed E-state index contributed by atoms with van der Waals surface area (Å²) in [6, 6.07) is -5.61. The van der Waals surface area contributed by atoms with E-state index in [-0.39, 0.29) is 114 Å². The van der Waals surface area contributed by atoms with Gasteiger partial charge in [-0.25, -0.2) is 9.78 Å². The van der Waals surface area contributed by atoms with Gasteiger partial charge < -0.3 is 113 Å². The van der Waals surface area contributed by atoms with Crippen molar-refractivity contribution in [2.24, 2.45) is 62.1 Å². The van der Waals surface area contributed by atoms with Crippen LogP contribution in [0.2, 0.25) is 0 Å². The van der Waals surface area contributed by atoms with E-state index in [2.05, 4.69) is 78.1 Å². The molecule has 0 aliphatic carbocycles. The van der Waals surface area contributed by atoms with Crippen LogP contribution in [0.1, 0.15) is 130 Å². The Morgan fingerprint density at radius 3 is 1.62 bits per heavy atom. The average molecular weight is 1420 g/mol. The minimum Gasteiger partial charge on any atom is -0.480 e. The number of carbonyl (C=O) groups excluding carboxylic acids is 11. The monoisotopic (exact) mass is 1420 g/mol. The summed E-state index contributed by atoms with van der Waals surface area (Å²) in [5, 5.41) is 46.8. The van der Waals surface area contributed by atoms with Crippen LogP contribution in [0.4, 0.5) is 0 Å². The molecule has 36 nitrogen and oxygen atoms in total. The Hall–Kier alpha value is -9.97. The van der Waals surface area contributed by atoms with Crippen molar-refractivity contribution < 1.29 is 67.7 Å². The summed E-state index contributed by atoms with van der Waals surface area (Å²) in [7, 11) is 0. The summed E-state index contributed by atoms with van der Waals surface area (Å²) in [5.74, 6) is -11.0. The van der Waals surface area contributed by atoms with Gasteiger partial charge in [-0.1, -0.05) is 59.7 Å². The molecule has 101 heavy (non-hydrogen) atoms. The number of rotatable bonds is 45. The Bertz CT molecular complexity index is 3300. The van der Waals surface area contributed by atoms with E-state index < -0.39 is 151 Å². The predicted molar refractivity (Wildman–Crippen MR) is 374 cm³/mol. The number of amides is 11. The van der Waals surface area contributed by atoms with Gasteiger partial charge in [-0.3, -0.25) is 62.7 Å². The summed E-state index contributed by atoms with van der Waals surface area (Å²) in [5.41, 5.74) is 35.7. The molecule has 2 aromatic heterocycles. The van der Waals surface area contributed by atoms with Gasteiger partial charge in [0.1, 0.15) is 54.4 Å². The zero-order chi connectivity index (χ0) is 74.9. The van der Waals surface area contributed by atoms with Crippen LogP contribution in [-0.2, 0) is 70.4 Å². The second-order valence-corrected chi connectivity index (χ2v) is 26.3. The highest BCUT2D eigenvalue weighted by Gasteiger charge is 2.39. The number of para-hydroxylation sites is 1. The second kappa shape index (κ2) is 42.9. The number of imidazole rings is 1. The van der Waals surface area contributed by atoms with Crippen molar-refractivity contribution in [1.82, 2.24) is 73.0 Å². The first-order valence-electron chi connectivity index (χ1n) is 34.1. The van der Waals surface area contributed by atoms with Crippen LogP contribution >= 0.6 is 0 Å². The average Bonchev–Trinajstić information content (AvgIpc) is 1.71. The number of carboxylic acids is 1. The number of aliphatic hydroxyl groups excluding tert-OH is 1. The Morgan fingerprint density at radius 2 is 1.07 bits per heavy atom. The van der Waals surface area contributed by atoms with E-state index in [9.17, 15) is 67.7 Å². The van der Waals surface area contributed by atoms with Crippen LogP contribution in [0.3, 0.4) is 0 Å². The summed E-state index contributed by atoms with van der Waals surface area (Å²) in [6.45, 7) is 9.10. The molecule has 0 radical (unpaired) electrons. The number of fused-ring (bicyclic) bond motifs is 1. The lowest BCUT2D eigenvalue weighted by Crippen LogP contribution is -2.60. The largest absolute Gasteiger partial charge is 0.480 e. The molecule has 0 spiro atoms. The quantitative estimate of drug-likeness (QED) is 0.0144. The Labute approximate surface area is 586 Å². The maximum atomic E-state index is 14.4. The molecule has 3 aromatic rings. The number of aliphatic imine (C=N–C) groups is 2. The Kier molecular flexibility index (Phi) is 35.4. The van der Waals surface area contributed by atoms with E-state index in [0.29, 0.717) is 43.4 Å². The first-order valence-corrected chi connectivity index (χ1v) is 34.1. The van der Waals surface area contributed by atoms with E-state index in [1.807, 2.05) is 32.0 Å². The van der Waals surface area contributed by atoms with E-state index >= 15 is 0 Å². The number of aromatic nitrogens is 3. The Morgan fingerprint density at radius 1 is 0.584 bits per heavy atom. The minimum atomic E-state index is -1.71. The summed E-state index contributed by atoms with van der Waals surface area (Å²) in [4.78, 5) is 184. The van der Waals surface area contributed by atoms with E-state index in [0.717, 1.165) is 10.9 Å². The number of hydrogen-bond donors (Lipinski definition) is 20. The smallest absolute Gasteiger partial charge is 0.326 e. The molecule has 1 saturated heterocycles. The summed E-state index contributed by atoms with van der Waals surface area (Å²) < 4.78 is 0. The summed E-state index contributed by atoms with van der Waals surface area (Å²) >= 11 is 0. The van der Waals surface area contributed by atoms with Crippen LogP contribution in [-0.4, -0.2) is 219 Å². The molecule has 36 heteroatoms. The van der Waals surface area contributed by atoms with Crippen LogP contribution in [0.5, 0.6) is 0 Å². The number of aliphatic hydroxyl groups is 1. The fourth-order valence-electron chi connectivity index (χ4n) is 11.2. The van der Waals surface area contributed by atoms with Crippen molar-refractivity contribution in [3.63, 3.8) is 0 Å². The third-order valence-corrected chi connectivity index (χ3v) is 16.3. The number of likely N-dealkylation sites (tertiary alicyclic amines) is 1. The first kappa shape index (κ1) is 83.4. The van der Waals surface area contributed by atoms with Crippen LogP contribution in [0.15, 0.2) is 53.0 Å². The molecule has 0 unspecified atom stereocenters. The predicted octanol–water partition coefficient (Wildman–Crippen LogP) is -4.44. The lowest BCUT2D eigenvalue weighted by molar-refractivity contribution is -0.142. The molecule has 1 aliphatic rings. The molecular weight excluding hydrogens is 1310 g/mol. The number of nitrogens with two attached hydrogens (primary N) is 6. The molecule has 1 fully saturated rings. The lowest BCUT2D eigenvalue weighted by atomic mass is 10.00. The van der Waals surface area contributed by atoms with Crippen molar-refractivity contribution >= 4 is 93.8 Å². The van der Waals surface area contributed by atoms with Crippen molar-refractivity contribution in [1.29, 1.82) is 0 Å². The van der Waals surface area contributed by atoms with Gasteiger partial charge in [-0.05, 0) is 113 Å². The van der Waals surface area contributed by atoms with E-state index in [1.165, 1.54) is 17.4 Å². The number of carbonyl (C=O) groups is 12. The summed E-state index contributed by atoms with van der Waals surface area (Å²) in [6.07, 6.45) is 6.53. The maximum absolute atomic E-state index is 14.4. The molecule has 26 N–H and O–H groups in total. The van der Waals surface area contributed by atoms with E-state index in [4.69, 9.17) is 34.4 Å². The van der Waals surface area contributed by atoms with Gasteiger partial charge in [0.05, 0.1) is 32.1 Å². The molecule has 3 heterocycles. The molecule has 4 rings (SSSR count). The number of H-pyrrole nitrogens is 2. The zero-order valence-corrected chi connectivity index (χ0v) is 58.4. The lowest BCUT2D eigenvalue weighted by Gasteiger charge is -2.29. The zero-order valence-electron chi connectivity index (χ0n) is 58.4. The number of unbranched alkanes of at least 4 members (excludes halogenated alkanes) is 1. The number of benzene rings is 1. The van der Waals surface area contributed by atoms with Gasteiger partial charge in [-0.2, -0.15) is 0 Å². The van der Waals surface area contributed by atoms with Crippen molar-refractivity contribution in [3.05, 3.63) is 54.2 Å². The van der Waals surface area contributed by atoms with Crippen molar-refractivity contribution in [3.8, 4) is 0 Å². The van der Waals surface area contributed by atoms with E-state index in [1.54, 1.807) is 40.0 Å². The number of hydrogen-bond acceptors (Lipinski definition) is 18. The van der Waals surface area contributed by atoms with Crippen LogP contribution < -0.4 is 87.6 Å². The molecule has 11 amide bonds. The highest BCUT2D eigenvalue weighted by atomic mass is 16.4. The van der Waals surface area contributed by atoms with Crippen molar-refractivity contribution in [2.75, 3.05) is 45.9 Å². The molecular formula is C65H106N22O14. The van der Waals surface area contributed by atoms with Crippen LogP contribution in [0.25, 0.3) is 10.9 Å². The number of nitrogens with one attached hydrogen (secondary N) is 12. The van der Waals surface area contributed by atoms with Crippen molar-refractivity contribution in [2.45, 2.75) is 192 Å². The van der Waals surface area contributed by atoms with Gasteiger partial charge in [0.25, 0.3) is 0 Å². The van der Waals surface area contributed by atoms with Gasteiger partial charge in [0, 0.05) is 61.5 Å². The van der Waals surface area contributed by atoms with Gasteiger partial charge >= 0.3 is 5.97 Å². The highest BCUT2D eigenvalue weighted by Crippen LogP contribution is 2.22. The molecule has 10 atom stereocenters. The fourth-order valence-corrected chi connectivity index (χ4v) is 11.2. The van der Waals surface area contributed by atoms with Gasteiger partial charge in [0.15, 0.2) is 11.9 Å². The third kappa shape index (κ3) is 29.4. The molecule has 1 aromatic carbocycles. The van der Waals surface area contributed by atoms with Gasteiger partial charge in [0.2, 0.25) is 65.0 Å². The van der Waals surface area contributed by atoms with Gasteiger partial charge in [-0.15, -0.1) is 0 Å². The third-order valence-electron chi connectivity index (χ3n) is 16.3. The number of carboxylic acid groups (broad SMARTS) is 1. The highest BCUT2D eigenvalue weighted by molar-refractivity contribution is 5.99. The topological polar surface area (TPSA) is 594 Å². The molecule has 1 aliphatic heterocycles. The number of guanidine groups is 2. The molecule has 0 saturated carbocycles. The molecule has 0 bridgehead atoms. The van der Waals surface area contributed by atoms with Crippen LogP contribution in [0, 0.1) is 17.8 Å². The molecule has 560 valence electrons. The standard InChI is InChI=1S/C65H106N22O14/c1-35(2)24-45(80-53(90)32-77-55(92)48(27-38-29-75-42-16-8-7-14-40(38)42)83-58(95)47(26-37(5)6)84-61(98)51-19-13-23-87(51)62(99)41(67)15-11-21-73-64(68)69)54(91)76-31-52(89)79-43(17-9-10-20-66)56(93)81-44(18-12-22-74-65(70)71)57(94)86-50(33-88)60(97)82-46(25-36(3)4)59(96)85-49(63(100)101)28-39-30-72-34-78-39/h7-8,14,16,29-30,34-37,41,43-51,75,88H,9-13,15,17-28,31-33,66-67H2,1-6H3,(H,72,78)(H,76,91)(H,77,92)(H,79,89)(H,80,90)(H,81,93)(H,82,97)(H,83,95)(H,84,98)(H,85,96)(H,86,94)(H,100,101)(H4,68,69,73)(H4,70,71,74)/t41-,43-,44-,45-,46-,47-,48-,49-,50-,51-/m0/s1. The SMILES string of the molecule is CC(C)C[C@H](NC(=O)CNC(=O)[C@H](Cc1c[nH]c2ccccc12)NC(=O)[C@H](CC(C)C)NC(=O)[C@@H]1CCCN1C(=O)[C@@H](N)CCCN=C(N)N)C(=O)NCC(=O)N[C@@H](CCCCN)C(=O)N[C@@H](CCCN=C(N)N)C(=O)N[C@@H](CO)C(=O)N[C@@H](CC(C)C)C(=O)N[C@@H](Cc1cnc[nH]1)C(=O)O. The minimum absolute atomic E-state index is 0.00906. The maximum Gasteiger partial charge on any atom is 0.326 e. The fraction of sp³-hybridized carbons (Fsp3) is 0.615. The Balaban J connectivity index is 1.46.